The first-order valence-electron chi connectivity index (χ1n) is 39.8. The molecule has 2 bridgehead atoms. The van der Waals surface area contributed by atoms with E-state index in [0.29, 0.717) is 106 Å². The van der Waals surface area contributed by atoms with Crippen LogP contribution in [-0.2, 0) is 73.6 Å². The number of halogens is 2. The number of aliphatic hydroxyl groups is 2. The molecule has 11 N–H and O–H groups in total. The summed E-state index contributed by atoms with van der Waals surface area (Å²) in [4.78, 5) is 144. The van der Waals surface area contributed by atoms with Crippen LogP contribution < -0.4 is 32.7 Å². The molecule has 1 aromatic heterocycles. The number of carboxylic acid groups (broad SMARTS) is 1. The minimum Gasteiger partial charge on any atom is 1.00 e. The Bertz CT molecular complexity index is 4370. The molecule has 0 saturated heterocycles. The topological polar surface area (TPSA) is 466 Å². The van der Waals surface area contributed by atoms with Crippen LogP contribution in [-0.4, -0.2) is 241 Å². The zero-order chi connectivity index (χ0) is 90.4. The van der Waals surface area contributed by atoms with Crippen molar-refractivity contribution >= 4 is 103 Å². The number of ether oxygens (including phenoxy) is 10. The van der Waals surface area contributed by atoms with Crippen molar-refractivity contribution in [3.8, 4) is 0 Å². The van der Waals surface area contributed by atoms with E-state index in [0.717, 1.165) is 43.3 Å². The summed E-state index contributed by atoms with van der Waals surface area (Å²) < 4.78 is 48.9. The molecule has 0 radical (unpaired) electrons. The maximum atomic E-state index is 12.7. The molecule has 7 aromatic rings. The summed E-state index contributed by atoms with van der Waals surface area (Å²) in [6.45, 7) is 9.18. The van der Waals surface area contributed by atoms with Crippen LogP contribution in [0.5, 0.6) is 0 Å². The van der Waals surface area contributed by atoms with Crippen molar-refractivity contribution in [1.29, 1.82) is 0 Å². The number of Topliss-reactive ketones (excluding diaryl/α,β-unsaturated/α-hetero) is 3. The summed E-state index contributed by atoms with van der Waals surface area (Å²) in [5, 5.41) is 43.9. The third kappa shape index (κ3) is 41.2. The van der Waals surface area contributed by atoms with Crippen LogP contribution in [0.1, 0.15) is 209 Å². The van der Waals surface area contributed by atoms with Gasteiger partial charge in [-0.3, -0.25) is 24.2 Å². The number of ketones is 3. The number of esters is 7. The second-order valence-electron chi connectivity index (χ2n) is 27.4. The van der Waals surface area contributed by atoms with E-state index in [4.69, 9.17) is 87.9 Å². The number of pyridine rings is 1. The Hall–Kier alpha value is -10.2. The van der Waals surface area contributed by atoms with Crippen molar-refractivity contribution in [2.24, 2.45) is 0 Å². The molecular formula is C89H112Cl2MnN7O25S+. The van der Waals surface area contributed by atoms with E-state index in [1.54, 1.807) is 67.4 Å². The Morgan fingerprint density at radius 2 is 0.632 bits per heavy atom. The second-order valence-corrected chi connectivity index (χ2v) is 30.5. The maximum Gasteiger partial charge on any atom is 1.00 e. The van der Waals surface area contributed by atoms with Gasteiger partial charge in [0.15, 0.2) is 17.3 Å². The number of fused-ring (bicyclic) bond motifs is 4. The normalized spacial score (nSPS) is 14.9. The number of nitrogens with one attached hydrogen (secondary N) is 5. The third-order valence-electron chi connectivity index (χ3n) is 18.6. The zero-order valence-corrected chi connectivity index (χ0v) is 74.2. The van der Waals surface area contributed by atoms with Gasteiger partial charge >= 0.3 is 82.5 Å². The maximum absolute atomic E-state index is 12.7. The fraction of sp³-hybridized carbons (Fsp3) is 0.404. The smallest absolute Gasteiger partial charge is 1.00 e. The summed E-state index contributed by atoms with van der Waals surface area (Å²) in [6, 6.07) is 42.6. The molecule has 2 fully saturated rings. The quantitative estimate of drug-likeness (QED) is 0.00472. The molecule has 1 aliphatic heterocycles. The second kappa shape index (κ2) is 62.0. The van der Waals surface area contributed by atoms with Crippen molar-refractivity contribution in [3.05, 3.63) is 236 Å². The summed E-state index contributed by atoms with van der Waals surface area (Å²) >= 11 is 1.75. The minimum atomic E-state index is -1.03. The van der Waals surface area contributed by atoms with Gasteiger partial charge in [0.25, 0.3) is 5.91 Å². The number of carboxylic acids is 1. The Balaban J connectivity index is 0.000000435. The van der Waals surface area contributed by atoms with E-state index in [1.165, 1.54) is 188 Å². The molecule has 679 valence electrons. The van der Waals surface area contributed by atoms with E-state index < -0.39 is 47.8 Å². The average molecular weight is 1840 g/mol. The number of hydrogen-bond acceptors (Lipinski definition) is 31. The first kappa shape index (κ1) is 107. The zero-order valence-electron chi connectivity index (χ0n) is 71.7. The van der Waals surface area contributed by atoms with Crippen LogP contribution in [0.15, 0.2) is 163 Å². The number of methoxy groups -OCH3 is 3. The first-order chi connectivity index (χ1) is 59.9. The van der Waals surface area contributed by atoms with Gasteiger partial charge < -0.3 is 95.4 Å². The largest absolute Gasteiger partial charge is 1.00 e. The van der Waals surface area contributed by atoms with E-state index >= 15 is 0 Å². The number of aliphatic hydroxyl groups excluding tert-OH is 2. The SMILES string of the molecule is CC(=O)c1ccc(C(=O)OCCO)cc1.CC(=O)c1ccc(C(=O)OCCO)cc1.COCCOC(=O)c1ccc(C(=O)NCCSc2cc3nc(c2)CN[C@@H]2CCCC[C@H]2NCCN[C@@H]2CCCC[C@H]2NC3)cc1.COCCOC(=O)c1ccc(C(=O)O)cc1.COCCOC(=O)c1ccc(C(=O)OCCOC(=O)c2ccc(C(C)=O)cc2)cc1.N.[Cl][Mn][Cl].[H+]. The summed E-state index contributed by atoms with van der Waals surface area (Å²) in [7, 11) is 14.2. The fourth-order valence-corrected chi connectivity index (χ4v) is 13.0. The molecule has 6 aromatic carbocycles. The van der Waals surface area contributed by atoms with Gasteiger partial charge in [0.1, 0.15) is 46.2 Å². The van der Waals surface area contributed by atoms with Crippen molar-refractivity contribution in [1.82, 2.24) is 37.7 Å². The van der Waals surface area contributed by atoms with Crippen LogP contribution >= 0.6 is 32.0 Å². The Morgan fingerprint density at radius 3 is 0.888 bits per heavy atom. The summed E-state index contributed by atoms with van der Waals surface area (Å²) in [6.07, 6.45) is 9.95. The van der Waals surface area contributed by atoms with Crippen LogP contribution in [0, 0.1) is 0 Å². The number of benzene rings is 6. The minimum absolute atomic E-state index is 0. The van der Waals surface area contributed by atoms with Gasteiger partial charge in [-0.25, -0.2) is 38.4 Å². The molecule has 10 rings (SSSR count). The average Bonchev–Trinajstić information content (AvgIpc) is 1.24. The molecule has 2 saturated carbocycles. The van der Waals surface area contributed by atoms with Crippen LogP contribution in [0.2, 0.25) is 0 Å². The standard InChI is InChI=1S/C34H50N6O4S.C22H22O8.C11H12O5.2C11H12O4.2ClH.Mn.H3N/c1-43-17-18-44-34(42)25-12-10-24(11-13-25)33(41)37-16-19-45-28-20-26-22-38-31-8-4-2-6-29(31)35-14-15-36-30-7-3-5-9-32(30)39-23-27(21-28)40-26;1-15(23)16-3-5-17(6-4-16)21(25)29-13-14-30-22(26)19-9-7-18(8-10-19)20(24)28-12-11-27-2;1-15-6-7-16-11(14)9-4-2-8(3-5-9)10(12)13;2*1-8(13)9-2-4-10(5-3-9)11(14)15-7-6-12;;;;/h10-13,20-21,29-32,35-36,38-39H,2-9,14-19,22-23H2,1H3,(H,37,41);3-10H,11-14H2,1-2H3;2-5H,6-7H2,1H3,(H,12,13);2*2-5,12H,6-7H2,1H3;2*1H;;1H3/q;;;;;;;+2;/p-1/t29-,30-,31-,32-;;;;;;;;/m1......../s1. The summed E-state index contributed by atoms with van der Waals surface area (Å²) in [5.41, 5.74) is 6.67. The van der Waals surface area contributed by atoms with Gasteiger partial charge in [0.05, 0.1) is 88.9 Å². The van der Waals surface area contributed by atoms with E-state index in [2.05, 4.69) is 38.7 Å². The van der Waals surface area contributed by atoms with Crippen LogP contribution in [0.3, 0.4) is 0 Å². The molecule has 1 amide bonds. The van der Waals surface area contributed by atoms with Crippen LogP contribution in [0.25, 0.3) is 0 Å². The number of hydrogen-bond donors (Lipinski definition) is 9. The van der Waals surface area contributed by atoms with Crippen molar-refractivity contribution < 1.29 is 135 Å². The van der Waals surface area contributed by atoms with E-state index in [9.17, 15) is 57.5 Å². The van der Waals surface area contributed by atoms with Crippen molar-refractivity contribution in [3.63, 3.8) is 0 Å². The molecule has 32 nitrogen and oxygen atoms in total. The van der Waals surface area contributed by atoms with Gasteiger partial charge in [-0.1, -0.05) is 62.1 Å². The number of rotatable bonds is 32. The Labute approximate surface area is 747 Å². The number of thioether (sulfide) groups is 1. The molecule has 3 aliphatic rings. The molecular weight excluding hydrogens is 1720 g/mol. The molecule has 36 heteroatoms. The molecule has 125 heavy (non-hydrogen) atoms. The van der Waals surface area contributed by atoms with Crippen LogP contribution in [0.4, 0.5) is 0 Å². The molecule has 0 spiro atoms. The monoisotopic (exact) mass is 1840 g/mol. The Kier molecular flexibility index (Phi) is 53.1. The molecule has 2 heterocycles. The van der Waals surface area contributed by atoms with E-state index in [-0.39, 0.29) is 115 Å². The molecule has 2 aliphatic carbocycles. The van der Waals surface area contributed by atoms with E-state index in [1.807, 2.05) is 0 Å². The summed E-state index contributed by atoms with van der Waals surface area (Å²) in [5.74, 6) is -4.30. The predicted molar refractivity (Wildman–Crippen MR) is 464 cm³/mol. The Morgan fingerprint density at radius 1 is 0.392 bits per heavy atom. The number of amides is 1. The van der Waals surface area contributed by atoms with Crippen molar-refractivity contribution in [2.45, 2.75) is 114 Å². The predicted octanol–water partition coefficient (Wildman–Crippen LogP) is 11.0. The number of aromatic carboxylic acids is 1. The van der Waals surface area contributed by atoms with Gasteiger partial charge in [0, 0.05) is 111 Å². The van der Waals surface area contributed by atoms with Gasteiger partial charge in [0.2, 0.25) is 0 Å². The number of carbonyl (C=O) groups excluding carboxylic acids is 11. The van der Waals surface area contributed by atoms with Gasteiger partial charge in [-0.15, -0.1) is 11.8 Å². The number of aromatic nitrogens is 1. The number of nitrogens with zero attached hydrogens (tertiary/aromatic N) is 1. The van der Waals surface area contributed by atoms with Crippen molar-refractivity contribution in [2.75, 3.05) is 126 Å². The third-order valence-corrected chi connectivity index (χ3v) is 19.5. The number of carbonyl (C=O) groups is 12. The first-order valence-corrected chi connectivity index (χ1v) is 44.1. The molecule has 0 unspecified atom stereocenters. The van der Waals surface area contributed by atoms with Gasteiger partial charge in [-0.05, 0) is 168 Å². The molecule has 4 atom stereocenters. The van der Waals surface area contributed by atoms with Gasteiger partial charge in [-0.2, -0.15) is 0 Å². The fourth-order valence-electron chi connectivity index (χ4n) is 12.1.